The van der Waals surface area contributed by atoms with Crippen LogP contribution in [0.1, 0.15) is 23.1 Å². The zero-order valence-electron chi connectivity index (χ0n) is 10.9. The average Bonchev–Trinajstić information content (AvgIpc) is 2.71. The molecule has 1 aliphatic rings. The summed E-state index contributed by atoms with van der Waals surface area (Å²) in [5, 5.41) is 9.44. The minimum atomic E-state index is -5.52. The minimum absolute atomic E-state index is 0.293. The lowest BCUT2D eigenvalue weighted by molar-refractivity contribution is -0.305. The largest absolute Gasteiger partial charge is 0.403 e. The van der Waals surface area contributed by atoms with E-state index in [1.807, 2.05) is 0 Å². The standard InChI is InChI=1S/C14H14F6O/c15-13(16,17)12(14(18,19)20)11(21)7-8-4-5-9-2-1-3-10(9)6-8/h4-6,11-12,21H,1-3,7H2. The molecule has 2 rings (SSSR count). The molecular weight excluding hydrogens is 298 g/mol. The van der Waals surface area contributed by atoms with Crippen molar-refractivity contribution in [3.05, 3.63) is 34.9 Å². The first kappa shape index (κ1) is 16.1. The maximum atomic E-state index is 12.5. The molecule has 0 bridgehead atoms. The second kappa shape index (κ2) is 5.51. The molecule has 1 unspecified atom stereocenters. The fraction of sp³-hybridized carbons (Fsp3) is 0.571. The Labute approximate surface area is 117 Å². The van der Waals surface area contributed by atoms with E-state index >= 15 is 0 Å². The van der Waals surface area contributed by atoms with Crippen LogP contribution in [-0.4, -0.2) is 23.6 Å². The molecule has 0 heterocycles. The van der Waals surface area contributed by atoms with Crippen LogP contribution in [0.15, 0.2) is 18.2 Å². The molecule has 1 aromatic rings. The summed E-state index contributed by atoms with van der Waals surface area (Å²) in [6.07, 6.45) is -11.7. The van der Waals surface area contributed by atoms with Gasteiger partial charge in [-0.15, -0.1) is 0 Å². The predicted octanol–water partition coefficient (Wildman–Crippen LogP) is 3.82. The van der Waals surface area contributed by atoms with Gasteiger partial charge in [-0.2, -0.15) is 26.3 Å². The molecule has 0 aliphatic heterocycles. The molecule has 0 spiro atoms. The Morgan fingerprint density at radius 3 is 2.10 bits per heavy atom. The average molecular weight is 312 g/mol. The van der Waals surface area contributed by atoms with Gasteiger partial charge in [0.25, 0.3) is 0 Å². The van der Waals surface area contributed by atoms with Crippen molar-refractivity contribution in [2.75, 3.05) is 0 Å². The lowest BCUT2D eigenvalue weighted by Gasteiger charge is -2.27. The number of aliphatic hydroxyl groups excluding tert-OH is 1. The highest BCUT2D eigenvalue weighted by molar-refractivity contribution is 5.35. The Hall–Kier alpha value is -1.24. The molecule has 0 amide bonds. The third kappa shape index (κ3) is 3.70. The van der Waals surface area contributed by atoms with Crippen molar-refractivity contribution in [1.82, 2.24) is 0 Å². The van der Waals surface area contributed by atoms with E-state index in [0.29, 0.717) is 5.56 Å². The van der Waals surface area contributed by atoms with Gasteiger partial charge in [-0.1, -0.05) is 18.2 Å². The van der Waals surface area contributed by atoms with Crippen molar-refractivity contribution in [2.45, 2.75) is 44.1 Å². The zero-order valence-corrected chi connectivity index (χ0v) is 10.9. The van der Waals surface area contributed by atoms with Gasteiger partial charge in [0.05, 0.1) is 6.10 Å². The molecule has 1 aliphatic carbocycles. The van der Waals surface area contributed by atoms with Crippen LogP contribution < -0.4 is 0 Å². The van der Waals surface area contributed by atoms with Crippen molar-refractivity contribution in [1.29, 1.82) is 0 Å². The fourth-order valence-electron chi connectivity index (χ4n) is 2.73. The van der Waals surface area contributed by atoms with Crippen LogP contribution in [0.2, 0.25) is 0 Å². The van der Waals surface area contributed by atoms with Gasteiger partial charge in [0.1, 0.15) is 0 Å². The number of fused-ring (bicyclic) bond motifs is 1. The number of alkyl halides is 6. The first-order chi connectivity index (χ1) is 9.59. The Bertz CT molecular complexity index is 491. The summed E-state index contributed by atoms with van der Waals surface area (Å²) in [5.41, 5.74) is 2.30. The van der Waals surface area contributed by atoms with Gasteiger partial charge >= 0.3 is 12.4 Å². The van der Waals surface area contributed by atoms with E-state index < -0.39 is 30.8 Å². The van der Waals surface area contributed by atoms with Gasteiger partial charge in [0.15, 0.2) is 5.92 Å². The summed E-state index contributed by atoms with van der Waals surface area (Å²) in [6, 6.07) is 4.78. The van der Waals surface area contributed by atoms with E-state index in [0.717, 1.165) is 30.4 Å². The van der Waals surface area contributed by atoms with Gasteiger partial charge in [-0.05, 0) is 42.4 Å². The van der Waals surface area contributed by atoms with Crippen molar-refractivity contribution >= 4 is 0 Å². The third-order valence-electron chi connectivity index (χ3n) is 3.70. The van der Waals surface area contributed by atoms with Crippen LogP contribution in [0.3, 0.4) is 0 Å². The van der Waals surface area contributed by atoms with E-state index in [9.17, 15) is 31.4 Å². The molecular formula is C14H14F6O. The van der Waals surface area contributed by atoms with E-state index in [-0.39, 0.29) is 0 Å². The molecule has 0 saturated carbocycles. The fourth-order valence-corrected chi connectivity index (χ4v) is 2.73. The van der Waals surface area contributed by atoms with Crippen molar-refractivity contribution < 1.29 is 31.4 Å². The Kier molecular flexibility index (Phi) is 4.24. The van der Waals surface area contributed by atoms with Gasteiger partial charge in [0, 0.05) is 0 Å². The van der Waals surface area contributed by atoms with E-state index in [1.165, 1.54) is 6.07 Å². The molecule has 0 aromatic heterocycles. The SMILES string of the molecule is OC(Cc1ccc2c(c1)CCC2)C(C(F)(F)F)C(F)(F)F. The smallest absolute Gasteiger partial charge is 0.392 e. The van der Waals surface area contributed by atoms with E-state index in [2.05, 4.69) is 0 Å². The molecule has 1 N–H and O–H groups in total. The van der Waals surface area contributed by atoms with Crippen LogP contribution in [0.25, 0.3) is 0 Å². The van der Waals surface area contributed by atoms with Gasteiger partial charge in [-0.25, -0.2) is 0 Å². The summed E-state index contributed by atoms with van der Waals surface area (Å²) < 4.78 is 75.1. The maximum absolute atomic E-state index is 12.5. The van der Waals surface area contributed by atoms with Crippen LogP contribution >= 0.6 is 0 Å². The van der Waals surface area contributed by atoms with Crippen LogP contribution in [0.4, 0.5) is 26.3 Å². The monoisotopic (exact) mass is 312 g/mol. The van der Waals surface area contributed by atoms with Crippen molar-refractivity contribution in [3.63, 3.8) is 0 Å². The summed E-state index contributed by atoms with van der Waals surface area (Å²) in [4.78, 5) is 0. The summed E-state index contributed by atoms with van der Waals surface area (Å²) in [7, 11) is 0. The Balaban J connectivity index is 2.17. The molecule has 1 aromatic carbocycles. The lowest BCUT2D eigenvalue weighted by atomic mass is 9.93. The summed E-state index contributed by atoms with van der Waals surface area (Å²) >= 11 is 0. The van der Waals surface area contributed by atoms with E-state index in [4.69, 9.17) is 0 Å². The molecule has 7 heteroatoms. The number of aliphatic hydroxyl groups is 1. The van der Waals surface area contributed by atoms with E-state index in [1.54, 1.807) is 12.1 Å². The van der Waals surface area contributed by atoms with Gasteiger partial charge in [0.2, 0.25) is 0 Å². The molecule has 1 atom stereocenters. The normalized spacial score (nSPS) is 17.1. The Morgan fingerprint density at radius 1 is 0.952 bits per heavy atom. The lowest BCUT2D eigenvalue weighted by Crippen LogP contribution is -2.45. The highest BCUT2D eigenvalue weighted by Crippen LogP contribution is 2.42. The Morgan fingerprint density at radius 2 is 1.52 bits per heavy atom. The van der Waals surface area contributed by atoms with Gasteiger partial charge < -0.3 is 5.11 Å². The van der Waals surface area contributed by atoms with Crippen molar-refractivity contribution in [3.8, 4) is 0 Å². The number of hydrogen-bond acceptors (Lipinski definition) is 1. The number of hydrogen-bond donors (Lipinski definition) is 1. The van der Waals surface area contributed by atoms with Crippen LogP contribution in [0, 0.1) is 5.92 Å². The highest BCUT2D eigenvalue weighted by atomic mass is 19.4. The third-order valence-corrected chi connectivity index (χ3v) is 3.70. The number of aryl methyl sites for hydroxylation is 2. The molecule has 1 nitrogen and oxygen atoms in total. The molecule has 118 valence electrons. The number of rotatable bonds is 3. The predicted molar refractivity (Wildman–Crippen MR) is 63.8 cm³/mol. The molecule has 0 saturated heterocycles. The molecule has 0 radical (unpaired) electrons. The van der Waals surface area contributed by atoms with Crippen LogP contribution in [-0.2, 0) is 19.3 Å². The first-order valence-corrected chi connectivity index (χ1v) is 6.51. The first-order valence-electron chi connectivity index (χ1n) is 6.51. The van der Waals surface area contributed by atoms with Crippen molar-refractivity contribution in [2.24, 2.45) is 5.92 Å². The number of halogens is 6. The topological polar surface area (TPSA) is 20.2 Å². The second-order valence-corrected chi connectivity index (χ2v) is 5.29. The summed E-state index contributed by atoms with van der Waals surface area (Å²) in [5.74, 6) is -3.72. The quantitative estimate of drug-likeness (QED) is 0.841. The summed E-state index contributed by atoms with van der Waals surface area (Å²) in [6.45, 7) is 0. The minimum Gasteiger partial charge on any atom is -0.392 e. The molecule has 0 fully saturated rings. The highest BCUT2D eigenvalue weighted by Gasteiger charge is 2.59. The number of benzene rings is 1. The zero-order chi connectivity index (χ0) is 15.8. The molecule has 21 heavy (non-hydrogen) atoms. The maximum Gasteiger partial charge on any atom is 0.403 e. The van der Waals surface area contributed by atoms with Crippen LogP contribution in [0.5, 0.6) is 0 Å². The second-order valence-electron chi connectivity index (χ2n) is 5.29. The van der Waals surface area contributed by atoms with Gasteiger partial charge in [-0.3, -0.25) is 0 Å².